The van der Waals surface area contributed by atoms with Crippen LogP contribution in [0.5, 0.6) is 5.75 Å². The SMILES string of the molecule is CN[C@@H](C)C(=O)N[C@H](C(=O)N1CCC[C@H]1c1nc(C(=O)c2cccc(OCCCCCN3CC([C@@H](c4ccccc4)n4cc(NC(=O)c5n[nH]c6c5C[C@@H]5C(F)(F)[C@]5(C)C6)cn4)C3)c2)cs1)C1CCCCC1. The molecule has 0 unspecified atom stereocenters. The Hall–Kier alpha value is -5.85. The van der Waals surface area contributed by atoms with E-state index >= 15 is 0 Å². The number of thiazole rings is 1. The second kappa shape index (κ2) is 20.9. The second-order valence-electron chi connectivity index (χ2n) is 21.0. The number of nitrogens with zero attached hydrogens (tertiary/aromatic N) is 6. The van der Waals surface area contributed by atoms with Gasteiger partial charge in [0.05, 0.1) is 36.6 Å². The van der Waals surface area contributed by atoms with E-state index in [1.807, 2.05) is 46.1 Å². The predicted molar refractivity (Wildman–Crippen MR) is 269 cm³/mol. The second-order valence-corrected chi connectivity index (χ2v) is 21.9. The summed E-state index contributed by atoms with van der Waals surface area (Å²) in [5.74, 6) is -3.34. The minimum absolute atomic E-state index is 0.0408. The molecule has 6 atom stereocenters. The van der Waals surface area contributed by atoms with Crippen molar-refractivity contribution in [2.75, 3.05) is 45.2 Å². The van der Waals surface area contributed by atoms with Crippen LogP contribution in [0.2, 0.25) is 0 Å². The molecule has 2 saturated carbocycles. The van der Waals surface area contributed by atoms with E-state index in [4.69, 9.17) is 14.8 Å². The van der Waals surface area contributed by atoms with Crippen molar-refractivity contribution >= 4 is 40.5 Å². The summed E-state index contributed by atoms with van der Waals surface area (Å²) in [6.45, 7) is 7.27. The lowest BCUT2D eigenvalue weighted by Gasteiger charge is -2.43. The first kappa shape index (κ1) is 49.7. The Morgan fingerprint density at radius 3 is 2.57 bits per heavy atom. The molecule has 5 heterocycles. The van der Waals surface area contributed by atoms with Gasteiger partial charge in [-0.3, -0.25) is 29.0 Å². The number of ether oxygens (including phenoxy) is 1. The molecule has 0 radical (unpaired) electrons. The number of hydrogen-bond donors (Lipinski definition) is 4. The summed E-state index contributed by atoms with van der Waals surface area (Å²) in [6, 6.07) is 16.2. The molecular weight excluding hydrogens is 939 g/mol. The molecular formula is C54H66F2N10O5S. The molecule has 72 heavy (non-hydrogen) atoms. The number of anilines is 1. The molecule has 0 spiro atoms. The number of likely N-dealkylation sites (tertiary alicyclic amines) is 2. The number of halogens is 2. The molecule has 3 amide bonds. The van der Waals surface area contributed by atoms with Crippen LogP contribution < -0.4 is 20.7 Å². The number of hydrogen-bond acceptors (Lipinski definition) is 11. The van der Waals surface area contributed by atoms with E-state index in [9.17, 15) is 28.0 Å². The monoisotopic (exact) mass is 1000 g/mol. The Bertz CT molecular complexity index is 2750. The van der Waals surface area contributed by atoms with Crippen molar-refractivity contribution in [3.63, 3.8) is 0 Å². The summed E-state index contributed by atoms with van der Waals surface area (Å²) < 4.78 is 37.1. The number of amides is 3. The third kappa shape index (κ3) is 9.97. The Balaban J connectivity index is 0.678. The van der Waals surface area contributed by atoms with Crippen molar-refractivity contribution in [1.82, 2.24) is 45.4 Å². The molecule has 382 valence electrons. The molecule has 3 aromatic heterocycles. The first-order chi connectivity index (χ1) is 34.8. The molecule has 10 rings (SSSR count). The van der Waals surface area contributed by atoms with Crippen LogP contribution in [0.25, 0.3) is 0 Å². The highest BCUT2D eigenvalue weighted by molar-refractivity contribution is 7.10. The fraction of sp³-hybridized carbons (Fsp3) is 0.537. The van der Waals surface area contributed by atoms with E-state index in [0.717, 1.165) is 94.4 Å². The smallest absolute Gasteiger partial charge is 0.276 e. The zero-order valence-corrected chi connectivity index (χ0v) is 42.2. The highest BCUT2D eigenvalue weighted by Gasteiger charge is 2.78. The number of unbranched alkanes of at least 4 members (excludes halogenated alkanes) is 2. The predicted octanol–water partition coefficient (Wildman–Crippen LogP) is 8.02. The van der Waals surface area contributed by atoms with Gasteiger partial charge in [-0.15, -0.1) is 11.3 Å². The van der Waals surface area contributed by atoms with E-state index in [0.29, 0.717) is 53.0 Å². The minimum Gasteiger partial charge on any atom is -0.494 e. The van der Waals surface area contributed by atoms with Crippen LogP contribution >= 0.6 is 11.3 Å². The van der Waals surface area contributed by atoms with Crippen molar-refractivity contribution in [3.05, 3.63) is 111 Å². The van der Waals surface area contributed by atoms with Gasteiger partial charge in [0.1, 0.15) is 22.5 Å². The minimum atomic E-state index is -2.74. The first-order valence-corrected chi connectivity index (χ1v) is 26.8. The van der Waals surface area contributed by atoms with Crippen LogP contribution in [0.1, 0.15) is 139 Å². The lowest BCUT2D eigenvalue weighted by Crippen LogP contribution is -2.55. The zero-order chi connectivity index (χ0) is 50.1. The fourth-order valence-electron chi connectivity index (χ4n) is 11.8. The molecule has 15 nitrogen and oxygen atoms in total. The molecule has 2 aromatic carbocycles. The topological polar surface area (TPSA) is 179 Å². The Kier molecular flexibility index (Phi) is 14.5. The fourth-order valence-corrected chi connectivity index (χ4v) is 12.7. The normalized spacial score (nSPS) is 23.0. The summed E-state index contributed by atoms with van der Waals surface area (Å²) in [5, 5.41) is 23.3. The highest BCUT2D eigenvalue weighted by Crippen LogP contribution is 2.70. The van der Waals surface area contributed by atoms with Crippen LogP contribution in [0, 0.1) is 23.2 Å². The molecule has 5 aliphatic rings. The van der Waals surface area contributed by atoms with Crippen molar-refractivity contribution in [1.29, 1.82) is 0 Å². The lowest BCUT2D eigenvalue weighted by atomic mass is 9.83. The van der Waals surface area contributed by atoms with E-state index < -0.39 is 35.2 Å². The van der Waals surface area contributed by atoms with Crippen molar-refractivity contribution in [2.45, 2.75) is 121 Å². The summed E-state index contributed by atoms with van der Waals surface area (Å²) in [4.78, 5) is 63.6. The molecule has 0 bridgehead atoms. The molecule has 2 aliphatic heterocycles. The summed E-state index contributed by atoms with van der Waals surface area (Å²) in [7, 11) is 1.74. The molecule has 18 heteroatoms. The number of fused-ring (bicyclic) bond motifs is 2. The average Bonchev–Trinajstić information content (AvgIpc) is 4.15. The Morgan fingerprint density at radius 1 is 0.972 bits per heavy atom. The molecule has 3 aliphatic carbocycles. The number of rotatable bonds is 20. The van der Waals surface area contributed by atoms with E-state index in [-0.39, 0.29) is 54.1 Å². The van der Waals surface area contributed by atoms with Gasteiger partial charge >= 0.3 is 0 Å². The number of aromatic amines is 1. The number of carbonyl (C=O) groups excluding carboxylic acids is 4. The molecule has 5 aromatic rings. The maximum absolute atomic E-state index is 14.5. The number of ketones is 1. The molecule has 4 fully saturated rings. The van der Waals surface area contributed by atoms with Gasteiger partial charge < -0.3 is 30.5 Å². The molecule has 4 N–H and O–H groups in total. The van der Waals surface area contributed by atoms with Crippen LogP contribution in [-0.2, 0) is 22.4 Å². The van der Waals surface area contributed by atoms with Gasteiger partial charge in [-0.2, -0.15) is 10.2 Å². The van der Waals surface area contributed by atoms with Gasteiger partial charge in [0.2, 0.25) is 17.6 Å². The van der Waals surface area contributed by atoms with Crippen molar-refractivity contribution < 1.29 is 32.7 Å². The maximum Gasteiger partial charge on any atom is 0.276 e. The van der Waals surface area contributed by atoms with E-state index in [2.05, 4.69) is 43.2 Å². The molecule has 2 saturated heterocycles. The quantitative estimate of drug-likeness (QED) is 0.0441. The third-order valence-corrected chi connectivity index (χ3v) is 17.2. The van der Waals surface area contributed by atoms with Crippen LogP contribution in [0.15, 0.2) is 72.4 Å². The van der Waals surface area contributed by atoms with Crippen molar-refractivity contribution in [2.24, 2.45) is 23.2 Å². The Labute approximate surface area is 423 Å². The average molecular weight is 1010 g/mol. The summed E-state index contributed by atoms with van der Waals surface area (Å²) >= 11 is 1.41. The van der Waals surface area contributed by atoms with Gasteiger partial charge in [0, 0.05) is 71.7 Å². The summed E-state index contributed by atoms with van der Waals surface area (Å²) in [6.07, 6.45) is 13.3. The largest absolute Gasteiger partial charge is 0.494 e. The third-order valence-electron chi connectivity index (χ3n) is 16.3. The van der Waals surface area contributed by atoms with Gasteiger partial charge in [-0.05, 0) is 95.5 Å². The number of H-pyrrole nitrogens is 1. The first-order valence-electron chi connectivity index (χ1n) is 25.9. The number of benzene rings is 2. The van der Waals surface area contributed by atoms with E-state index in [1.54, 1.807) is 44.6 Å². The number of aromatic nitrogens is 5. The van der Waals surface area contributed by atoms with Crippen LogP contribution in [-0.4, -0.2) is 116 Å². The van der Waals surface area contributed by atoms with E-state index in [1.165, 1.54) is 11.3 Å². The lowest BCUT2D eigenvalue weighted by molar-refractivity contribution is -0.139. The van der Waals surface area contributed by atoms with Gasteiger partial charge in [-0.25, -0.2) is 13.8 Å². The number of carbonyl (C=O) groups is 4. The van der Waals surface area contributed by atoms with Gasteiger partial charge in [0.25, 0.3) is 11.8 Å². The van der Waals surface area contributed by atoms with Crippen LogP contribution in [0.3, 0.4) is 0 Å². The summed E-state index contributed by atoms with van der Waals surface area (Å²) in [5.41, 5.74) is 2.78. The number of alkyl halides is 2. The highest BCUT2D eigenvalue weighted by atomic mass is 32.1. The number of likely N-dealkylation sites (N-methyl/N-ethyl adjacent to an activating group) is 1. The maximum atomic E-state index is 14.5. The van der Waals surface area contributed by atoms with Crippen LogP contribution in [0.4, 0.5) is 14.5 Å². The van der Waals surface area contributed by atoms with Gasteiger partial charge in [-0.1, -0.05) is 68.7 Å². The van der Waals surface area contributed by atoms with Gasteiger partial charge in [0.15, 0.2) is 5.69 Å². The zero-order valence-electron chi connectivity index (χ0n) is 41.4. The Morgan fingerprint density at radius 2 is 1.78 bits per heavy atom. The van der Waals surface area contributed by atoms with Crippen molar-refractivity contribution in [3.8, 4) is 5.75 Å². The standard InChI is InChI=1S/C54H66F2N10O5S/c1-33(57-3)49(68)61-45(34-15-7-4-8-16-34)52(70)65-23-14-21-43(65)51-60-42(32-72-51)48(67)36-19-13-20-39(25-36)71-24-12-6-11-22-64-29-37(30-64)47(35-17-9-5-10-18-35)66-31-38(28-58-66)59-50(69)46-40-26-44-53(2,54(44,55)56)27-41(40)62-63-46/h5,9-10,13,17-20,25,28,31-34,37,43-45,47,57H,4,6-8,11-12,14-16,21-24,26-27,29-30H2,1-3H3,(H,59,69)(H,61,68)(H,62,63)/t33-,43-,44-,45-,47+,53+/m0/s1. The number of nitrogens with one attached hydrogen (secondary N) is 4.